The molecule has 0 aromatic heterocycles. The zero-order valence-corrected chi connectivity index (χ0v) is 9.19. The summed E-state index contributed by atoms with van der Waals surface area (Å²) < 4.78 is 24.2. The predicted molar refractivity (Wildman–Crippen MR) is 59.0 cm³/mol. The van der Waals surface area contributed by atoms with Crippen LogP contribution in [-0.2, 0) is 6.42 Å². The van der Waals surface area contributed by atoms with Crippen molar-refractivity contribution in [2.45, 2.75) is 33.1 Å². The lowest BCUT2D eigenvalue weighted by Crippen LogP contribution is -1.87. The summed E-state index contributed by atoms with van der Waals surface area (Å²) in [5.74, 6) is 0. The number of rotatable bonds is 4. The summed E-state index contributed by atoms with van der Waals surface area (Å²) in [6.45, 7) is 3.53. The van der Waals surface area contributed by atoms with E-state index < -0.39 is 6.08 Å². The van der Waals surface area contributed by atoms with Gasteiger partial charge < -0.3 is 0 Å². The highest BCUT2D eigenvalue weighted by molar-refractivity contribution is 5.21. The molecule has 0 amide bonds. The highest BCUT2D eigenvalue weighted by Crippen LogP contribution is 2.15. The third kappa shape index (κ3) is 4.24. The summed E-state index contributed by atoms with van der Waals surface area (Å²) in [5.41, 5.74) is 2.65. The van der Waals surface area contributed by atoms with Crippen molar-refractivity contribution >= 4 is 0 Å². The molecule has 0 unspecified atom stereocenters. The standard InChI is InChI=1S/C13H16F2/c1-10-6-8-12(9-7-10)5-3-4-11(2)13(14)15/h6-9H,3-5H2,1-2H3. The van der Waals surface area contributed by atoms with Crippen LogP contribution >= 0.6 is 0 Å². The molecule has 0 N–H and O–H groups in total. The molecule has 0 aliphatic rings. The molecule has 0 heterocycles. The maximum atomic E-state index is 12.1. The van der Waals surface area contributed by atoms with Crippen LogP contribution in [0.5, 0.6) is 0 Å². The smallest absolute Gasteiger partial charge is 0.173 e. The Hall–Kier alpha value is -1.18. The summed E-state index contributed by atoms with van der Waals surface area (Å²) in [4.78, 5) is 0. The number of hydrogen-bond acceptors (Lipinski definition) is 0. The first-order valence-corrected chi connectivity index (χ1v) is 5.16. The van der Waals surface area contributed by atoms with E-state index in [4.69, 9.17) is 0 Å². The fraction of sp³-hybridized carbons (Fsp3) is 0.385. The van der Waals surface area contributed by atoms with Crippen molar-refractivity contribution in [1.82, 2.24) is 0 Å². The molecule has 82 valence electrons. The number of benzene rings is 1. The molecule has 0 radical (unpaired) electrons. The Morgan fingerprint density at radius 2 is 1.73 bits per heavy atom. The Morgan fingerprint density at radius 1 is 1.13 bits per heavy atom. The Labute approximate surface area is 89.6 Å². The lowest BCUT2D eigenvalue weighted by molar-refractivity contribution is 0.407. The molecule has 2 heteroatoms. The van der Waals surface area contributed by atoms with Crippen LogP contribution in [0.15, 0.2) is 35.9 Å². The first-order valence-electron chi connectivity index (χ1n) is 5.16. The van der Waals surface area contributed by atoms with Crippen molar-refractivity contribution in [3.05, 3.63) is 47.0 Å². The van der Waals surface area contributed by atoms with Gasteiger partial charge in [-0.15, -0.1) is 0 Å². The molecule has 15 heavy (non-hydrogen) atoms. The van der Waals surface area contributed by atoms with Gasteiger partial charge in [-0.2, -0.15) is 8.78 Å². The molecule has 0 fully saturated rings. The first kappa shape index (κ1) is 11.9. The average Bonchev–Trinajstić information content (AvgIpc) is 2.20. The van der Waals surface area contributed by atoms with Gasteiger partial charge in [-0.05, 0) is 44.2 Å². The van der Waals surface area contributed by atoms with Crippen LogP contribution in [0, 0.1) is 6.92 Å². The van der Waals surface area contributed by atoms with Crippen LogP contribution in [0.3, 0.4) is 0 Å². The minimum absolute atomic E-state index is 0.210. The van der Waals surface area contributed by atoms with Gasteiger partial charge in [0.2, 0.25) is 0 Å². The fourth-order valence-corrected chi connectivity index (χ4v) is 1.41. The normalized spacial score (nSPS) is 10.1. The van der Waals surface area contributed by atoms with Gasteiger partial charge in [0.25, 0.3) is 6.08 Å². The van der Waals surface area contributed by atoms with E-state index in [0.29, 0.717) is 6.42 Å². The Balaban J connectivity index is 2.38. The minimum Gasteiger partial charge on any atom is -0.173 e. The summed E-state index contributed by atoms with van der Waals surface area (Å²) >= 11 is 0. The largest absolute Gasteiger partial charge is 0.269 e. The van der Waals surface area contributed by atoms with Crippen LogP contribution < -0.4 is 0 Å². The summed E-state index contributed by atoms with van der Waals surface area (Å²) in [6.07, 6.45) is 0.603. The van der Waals surface area contributed by atoms with Crippen LogP contribution in [-0.4, -0.2) is 0 Å². The summed E-state index contributed by atoms with van der Waals surface area (Å²) in [5, 5.41) is 0. The number of allylic oxidation sites excluding steroid dienone is 1. The maximum absolute atomic E-state index is 12.1. The third-order valence-electron chi connectivity index (χ3n) is 2.46. The SMILES string of the molecule is CC(CCCc1ccc(C)cc1)=C(F)F. The molecule has 0 atom stereocenters. The summed E-state index contributed by atoms with van der Waals surface area (Å²) in [6, 6.07) is 8.21. The second-order valence-corrected chi connectivity index (χ2v) is 3.88. The van der Waals surface area contributed by atoms with Gasteiger partial charge in [0.05, 0.1) is 0 Å². The molecule has 0 aliphatic carbocycles. The average molecular weight is 210 g/mol. The molecule has 0 aliphatic heterocycles. The molecule has 0 bridgehead atoms. The van der Waals surface area contributed by atoms with Crippen molar-refractivity contribution in [2.24, 2.45) is 0 Å². The van der Waals surface area contributed by atoms with Crippen molar-refractivity contribution in [3.63, 3.8) is 0 Å². The molecule has 1 aromatic rings. The molecule has 0 saturated carbocycles. The number of aryl methyl sites for hydroxylation is 2. The van der Waals surface area contributed by atoms with Gasteiger partial charge >= 0.3 is 0 Å². The van der Waals surface area contributed by atoms with E-state index >= 15 is 0 Å². The van der Waals surface area contributed by atoms with Crippen LogP contribution in [0.1, 0.15) is 30.9 Å². The highest BCUT2D eigenvalue weighted by Gasteiger charge is 2.00. The number of hydrogen-bond donors (Lipinski definition) is 0. The molecular formula is C13H16F2. The fourth-order valence-electron chi connectivity index (χ4n) is 1.41. The van der Waals surface area contributed by atoms with Gasteiger partial charge in [-0.3, -0.25) is 0 Å². The van der Waals surface area contributed by atoms with Gasteiger partial charge in [0.15, 0.2) is 0 Å². The first-order chi connectivity index (χ1) is 7.09. The zero-order valence-electron chi connectivity index (χ0n) is 9.19. The second kappa shape index (κ2) is 5.64. The monoisotopic (exact) mass is 210 g/mol. The third-order valence-corrected chi connectivity index (χ3v) is 2.46. The Morgan fingerprint density at radius 3 is 2.27 bits per heavy atom. The second-order valence-electron chi connectivity index (χ2n) is 3.88. The van der Waals surface area contributed by atoms with Gasteiger partial charge in [0, 0.05) is 0 Å². The predicted octanol–water partition coefficient (Wildman–Crippen LogP) is 4.49. The molecule has 0 spiro atoms. The van der Waals surface area contributed by atoms with Crippen molar-refractivity contribution < 1.29 is 8.78 Å². The van der Waals surface area contributed by atoms with E-state index in [1.165, 1.54) is 18.1 Å². The van der Waals surface area contributed by atoms with Crippen molar-refractivity contribution in [1.29, 1.82) is 0 Å². The topological polar surface area (TPSA) is 0 Å². The number of halogens is 2. The zero-order chi connectivity index (χ0) is 11.3. The van der Waals surface area contributed by atoms with Gasteiger partial charge in [-0.1, -0.05) is 29.8 Å². The Bertz CT molecular complexity index is 332. The van der Waals surface area contributed by atoms with E-state index in [1.807, 2.05) is 19.1 Å². The van der Waals surface area contributed by atoms with Crippen LogP contribution in [0.4, 0.5) is 8.78 Å². The quantitative estimate of drug-likeness (QED) is 0.687. The van der Waals surface area contributed by atoms with E-state index in [1.54, 1.807) is 0 Å². The maximum Gasteiger partial charge on any atom is 0.269 e. The summed E-state index contributed by atoms with van der Waals surface area (Å²) in [7, 11) is 0. The van der Waals surface area contributed by atoms with E-state index in [0.717, 1.165) is 12.8 Å². The van der Waals surface area contributed by atoms with Crippen molar-refractivity contribution in [3.8, 4) is 0 Å². The minimum atomic E-state index is -1.53. The highest BCUT2D eigenvalue weighted by atomic mass is 19.3. The van der Waals surface area contributed by atoms with Crippen molar-refractivity contribution in [2.75, 3.05) is 0 Å². The van der Waals surface area contributed by atoms with E-state index in [2.05, 4.69) is 12.1 Å². The van der Waals surface area contributed by atoms with E-state index in [9.17, 15) is 8.78 Å². The molecule has 1 rings (SSSR count). The Kier molecular flexibility index (Phi) is 4.47. The molecule has 1 aromatic carbocycles. The van der Waals surface area contributed by atoms with E-state index in [-0.39, 0.29) is 5.57 Å². The van der Waals surface area contributed by atoms with Gasteiger partial charge in [0.1, 0.15) is 0 Å². The lowest BCUT2D eigenvalue weighted by atomic mass is 10.0. The van der Waals surface area contributed by atoms with Crippen LogP contribution in [0.25, 0.3) is 0 Å². The molecular weight excluding hydrogens is 194 g/mol. The lowest BCUT2D eigenvalue weighted by Gasteiger charge is -2.02. The molecule has 0 saturated heterocycles. The van der Waals surface area contributed by atoms with Gasteiger partial charge in [-0.25, -0.2) is 0 Å². The molecule has 0 nitrogen and oxygen atoms in total. The van der Waals surface area contributed by atoms with Crippen LogP contribution in [0.2, 0.25) is 0 Å².